The second-order valence-corrected chi connectivity index (χ2v) is 5.55. The van der Waals surface area contributed by atoms with Crippen molar-refractivity contribution in [2.45, 2.75) is 5.25 Å². The first kappa shape index (κ1) is 12.0. The molecule has 0 spiro atoms. The Morgan fingerprint density at radius 2 is 2.06 bits per heavy atom. The van der Waals surface area contributed by atoms with Crippen molar-refractivity contribution in [2.24, 2.45) is 0 Å². The van der Waals surface area contributed by atoms with E-state index in [4.69, 9.17) is 0 Å². The molecule has 6 heteroatoms. The van der Waals surface area contributed by atoms with Crippen LogP contribution in [0, 0.1) is 0 Å². The number of aromatic amines is 2. The lowest BCUT2D eigenvalue weighted by atomic mass is 10.1. The highest BCUT2D eigenvalue weighted by molar-refractivity contribution is 9.11. The van der Waals surface area contributed by atoms with Crippen LogP contribution >= 0.6 is 44.5 Å². The topological polar surface area (TPSA) is 48.6 Å². The number of hydrogen-bond donors (Lipinski definition) is 3. The Morgan fingerprint density at radius 1 is 1.31 bits per heavy atom. The van der Waals surface area contributed by atoms with Gasteiger partial charge in [0.15, 0.2) is 0 Å². The lowest BCUT2D eigenvalue weighted by Crippen LogP contribution is -2.03. The molecule has 0 radical (unpaired) electrons. The number of thiol groups is 1. The fourth-order valence-electron chi connectivity index (χ4n) is 1.38. The molecular formula is C10H8Br2N2OS. The van der Waals surface area contributed by atoms with E-state index in [-0.39, 0.29) is 10.9 Å². The van der Waals surface area contributed by atoms with Gasteiger partial charge in [-0.2, -0.15) is 12.6 Å². The maximum absolute atomic E-state index is 11.0. The first-order valence-electron chi connectivity index (χ1n) is 4.48. The highest BCUT2D eigenvalue weighted by Gasteiger charge is 2.14. The molecule has 1 unspecified atom stereocenters. The number of rotatable bonds is 2. The summed E-state index contributed by atoms with van der Waals surface area (Å²) in [6.07, 6.45) is 1.63. The summed E-state index contributed by atoms with van der Waals surface area (Å²) in [4.78, 5) is 16.3. The Kier molecular flexibility index (Phi) is 3.61. The normalized spacial score (nSPS) is 12.7. The fraction of sp³-hybridized carbons (Fsp3) is 0.100. The van der Waals surface area contributed by atoms with Crippen molar-refractivity contribution in [3.63, 3.8) is 0 Å². The first-order valence-corrected chi connectivity index (χ1v) is 6.59. The van der Waals surface area contributed by atoms with Crippen LogP contribution in [-0.4, -0.2) is 9.97 Å². The summed E-state index contributed by atoms with van der Waals surface area (Å²) in [7, 11) is 0. The van der Waals surface area contributed by atoms with E-state index in [2.05, 4.69) is 54.5 Å². The minimum Gasteiger partial charge on any atom is -0.313 e. The standard InChI is InChI=1S/C10H8Br2N2OS/c11-5-1-2-6(7(12)3-5)9(16)8-4-13-10(15)14-8/h1-4,9,16H,(H2,13,14,15). The Hall–Kier alpha value is -0.460. The molecule has 2 aromatic rings. The van der Waals surface area contributed by atoms with Crippen LogP contribution in [0.1, 0.15) is 16.5 Å². The predicted octanol–water partition coefficient (Wildman–Crippen LogP) is 3.25. The SMILES string of the molecule is O=c1[nH]cc(C(S)c2ccc(Br)cc2Br)[nH]1. The molecule has 1 aromatic carbocycles. The molecule has 2 rings (SSSR count). The second-order valence-electron chi connectivity index (χ2n) is 3.27. The van der Waals surface area contributed by atoms with Gasteiger partial charge in [0.2, 0.25) is 0 Å². The summed E-state index contributed by atoms with van der Waals surface area (Å²) in [5.41, 5.74) is 1.53. The summed E-state index contributed by atoms with van der Waals surface area (Å²) >= 11 is 11.3. The van der Waals surface area contributed by atoms with Crippen LogP contribution < -0.4 is 5.69 Å². The summed E-state index contributed by atoms with van der Waals surface area (Å²) < 4.78 is 1.94. The van der Waals surface area contributed by atoms with Crippen LogP contribution in [0.3, 0.4) is 0 Å². The number of imidazole rings is 1. The molecule has 3 nitrogen and oxygen atoms in total. The van der Waals surface area contributed by atoms with E-state index in [1.807, 2.05) is 18.2 Å². The van der Waals surface area contributed by atoms with Crippen molar-refractivity contribution in [3.05, 3.63) is 55.1 Å². The van der Waals surface area contributed by atoms with E-state index in [9.17, 15) is 4.79 Å². The van der Waals surface area contributed by atoms with Gasteiger partial charge < -0.3 is 9.97 Å². The van der Waals surface area contributed by atoms with Gasteiger partial charge in [-0.3, -0.25) is 0 Å². The smallest absolute Gasteiger partial charge is 0.313 e. The van der Waals surface area contributed by atoms with Crippen molar-refractivity contribution < 1.29 is 0 Å². The number of H-pyrrole nitrogens is 2. The third kappa shape index (κ3) is 2.44. The lowest BCUT2D eigenvalue weighted by molar-refractivity contribution is 1.06. The number of halogens is 2. The molecule has 0 fully saturated rings. The predicted molar refractivity (Wildman–Crippen MR) is 74.1 cm³/mol. The van der Waals surface area contributed by atoms with Crippen molar-refractivity contribution in [1.82, 2.24) is 9.97 Å². The van der Waals surface area contributed by atoms with Crippen molar-refractivity contribution in [3.8, 4) is 0 Å². The largest absolute Gasteiger partial charge is 0.323 e. The van der Waals surface area contributed by atoms with Gasteiger partial charge in [-0.1, -0.05) is 37.9 Å². The molecule has 0 aliphatic heterocycles. The molecule has 0 aliphatic carbocycles. The summed E-state index contributed by atoms with van der Waals surface area (Å²) in [5.74, 6) is 0. The van der Waals surface area contributed by atoms with Gasteiger partial charge in [0, 0.05) is 15.1 Å². The van der Waals surface area contributed by atoms with Gasteiger partial charge in [-0.05, 0) is 17.7 Å². The highest BCUT2D eigenvalue weighted by Crippen LogP contribution is 2.33. The molecule has 1 heterocycles. The molecule has 0 bridgehead atoms. The van der Waals surface area contributed by atoms with Crippen LogP contribution in [0.5, 0.6) is 0 Å². The zero-order chi connectivity index (χ0) is 11.7. The average Bonchev–Trinajstić information content (AvgIpc) is 2.64. The van der Waals surface area contributed by atoms with Crippen molar-refractivity contribution >= 4 is 44.5 Å². The molecule has 1 atom stereocenters. The maximum atomic E-state index is 11.0. The summed E-state index contributed by atoms with van der Waals surface area (Å²) in [5, 5.41) is -0.165. The average molecular weight is 364 g/mol. The fourth-order valence-corrected chi connectivity index (χ4v) is 3.20. The molecule has 2 N–H and O–H groups in total. The molecule has 0 amide bonds. The Morgan fingerprint density at radius 3 is 2.62 bits per heavy atom. The van der Waals surface area contributed by atoms with E-state index in [0.29, 0.717) is 0 Å². The Balaban J connectivity index is 2.41. The van der Waals surface area contributed by atoms with E-state index >= 15 is 0 Å². The Bertz CT molecular complexity index is 564. The van der Waals surface area contributed by atoms with Gasteiger partial charge in [0.25, 0.3) is 0 Å². The van der Waals surface area contributed by atoms with E-state index < -0.39 is 0 Å². The molecule has 0 saturated heterocycles. The van der Waals surface area contributed by atoms with Crippen LogP contribution in [0.4, 0.5) is 0 Å². The van der Waals surface area contributed by atoms with E-state index in [0.717, 1.165) is 20.2 Å². The van der Waals surface area contributed by atoms with Crippen LogP contribution in [0.25, 0.3) is 0 Å². The van der Waals surface area contributed by atoms with Gasteiger partial charge in [-0.25, -0.2) is 4.79 Å². The molecule has 0 aliphatic rings. The second kappa shape index (κ2) is 4.81. The van der Waals surface area contributed by atoms with Crippen molar-refractivity contribution in [1.29, 1.82) is 0 Å². The van der Waals surface area contributed by atoms with Crippen LogP contribution in [-0.2, 0) is 0 Å². The highest BCUT2D eigenvalue weighted by atomic mass is 79.9. The summed E-state index contributed by atoms with van der Waals surface area (Å²) in [6, 6.07) is 5.84. The van der Waals surface area contributed by atoms with Crippen LogP contribution in [0.2, 0.25) is 0 Å². The number of nitrogens with one attached hydrogen (secondary N) is 2. The number of hydrogen-bond acceptors (Lipinski definition) is 2. The van der Waals surface area contributed by atoms with Gasteiger partial charge in [0.05, 0.1) is 10.9 Å². The third-order valence-corrected chi connectivity index (χ3v) is 3.90. The van der Waals surface area contributed by atoms with E-state index in [1.165, 1.54) is 0 Å². The van der Waals surface area contributed by atoms with E-state index in [1.54, 1.807) is 6.20 Å². The molecule has 0 saturated carbocycles. The lowest BCUT2D eigenvalue weighted by Gasteiger charge is -2.11. The number of aromatic nitrogens is 2. The molecule has 84 valence electrons. The maximum Gasteiger partial charge on any atom is 0.323 e. The third-order valence-electron chi connectivity index (χ3n) is 2.17. The monoisotopic (exact) mass is 362 g/mol. The first-order chi connectivity index (χ1) is 7.58. The Labute approximate surface area is 114 Å². The zero-order valence-corrected chi connectivity index (χ0v) is 12.1. The van der Waals surface area contributed by atoms with Gasteiger partial charge in [-0.15, -0.1) is 0 Å². The van der Waals surface area contributed by atoms with Gasteiger partial charge in [0.1, 0.15) is 0 Å². The summed E-state index contributed by atoms with van der Waals surface area (Å²) in [6.45, 7) is 0. The molecule has 16 heavy (non-hydrogen) atoms. The van der Waals surface area contributed by atoms with Gasteiger partial charge >= 0.3 is 5.69 Å². The quantitative estimate of drug-likeness (QED) is 0.705. The zero-order valence-electron chi connectivity index (χ0n) is 8.00. The molecular weight excluding hydrogens is 356 g/mol. The molecule has 1 aromatic heterocycles. The number of benzene rings is 1. The van der Waals surface area contributed by atoms with Crippen molar-refractivity contribution in [2.75, 3.05) is 0 Å². The van der Waals surface area contributed by atoms with Crippen LogP contribution in [0.15, 0.2) is 38.1 Å². The minimum absolute atomic E-state index is 0.165. The minimum atomic E-state index is -0.220.